The Morgan fingerprint density at radius 2 is 1.00 bits per heavy atom. The number of hydrogen-bond acceptors (Lipinski definition) is 4. The van der Waals surface area contributed by atoms with E-state index in [0.29, 0.717) is 22.7 Å². The molecule has 4 aromatic heterocycles. The lowest BCUT2D eigenvalue weighted by Gasteiger charge is -2.11. The van der Waals surface area contributed by atoms with Gasteiger partial charge in [0.1, 0.15) is 11.1 Å². The number of carboxylic acids is 2. The maximum absolute atomic E-state index is 12.0. The Balaban J connectivity index is 1.57. The lowest BCUT2D eigenvalue weighted by Crippen LogP contribution is -2.04. The summed E-state index contributed by atoms with van der Waals surface area (Å²) in [7, 11) is 0. The van der Waals surface area contributed by atoms with Gasteiger partial charge in [0.25, 0.3) is 0 Å². The van der Waals surface area contributed by atoms with Crippen LogP contribution < -0.4 is 0 Å². The topological polar surface area (TPSA) is 119 Å². The quantitative estimate of drug-likeness (QED) is 0.392. The van der Waals surface area contributed by atoms with Crippen LogP contribution in [-0.4, -0.2) is 50.5 Å². The van der Waals surface area contributed by atoms with E-state index in [2.05, 4.69) is 10.2 Å². The average Bonchev–Trinajstić information content (AvgIpc) is 3.63. The van der Waals surface area contributed by atoms with Gasteiger partial charge in [-0.3, -0.25) is 9.13 Å². The summed E-state index contributed by atoms with van der Waals surface area (Å²) in [5, 5.41) is 28.3. The van der Waals surface area contributed by atoms with Crippen LogP contribution in [0.5, 0.6) is 0 Å². The Morgan fingerprint density at radius 3 is 1.42 bits per heavy atom. The van der Waals surface area contributed by atoms with Crippen molar-refractivity contribution in [2.75, 3.05) is 0 Å². The number of carboxylic acid groups (broad SMARTS) is 2. The zero-order valence-corrected chi connectivity index (χ0v) is 18.5. The van der Waals surface area contributed by atoms with Crippen LogP contribution in [0.3, 0.4) is 0 Å². The van der Waals surface area contributed by atoms with Crippen molar-refractivity contribution in [3.8, 4) is 11.4 Å². The number of benzene rings is 3. The van der Waals surface area contributed by atoms with Gasteiger partial charge in [-0.05, 0) is 42.5 Å². The van der Waals surface area contributed by atoms with Crippen molar-refractivity contribution in [2.24, 2.45) is 0 Å². The minimum Gasteiger partial charge on any atom is -0.477 e. The number of para-hydroxylation sites is 4. The molecule has 0 amide bonds. The Kier molecular flexibility index (Phi) is 3.93. The minimum atomic E-state index is -1.08. The molecule has 7 rings (SSSR count). The van der Waals surface area contributed by atoms with E-state index in [0.717, 1.165) is 22.1 Å². The van der Waals surface area contributed by atoms with E-state index in [1.807, 2.05) is 81.9 Å². The molecule has 0 spiro atoms. The first kappa shape index (κ1) is 20.0. The number of nitrogens with zero attached hydrogens (tertiary/aromatic N) is 6. The maximum atomic E-state index is 12.0. The molecule has 2 N–H and O–H groups in total. The number of rotatable bonds is 4. The molecule has 3 aromatic carbocycles. The van der Waals surface area contributed by atoms with E-state index in [4.69, 9.17) is 0 Å². The summed E-state index contributed by atoms with van der Waals surface area (Å²) < 4.78 is 6.95. The molecule has 0 bridgehead atoms. The molecule has 174 valence electrons. The van der Waals surface area contributed by atoms with Gasteiger partial charge in [0.15, 0.2) is 11.3 Å². The van der Waals surface area contributed by atoms with Crippen molar-refractivity contribution in [1.82, 2.24) is 28.4 Å². The second-order valence-electron chi connectivity index (χ2n) is 8.37. The summed E-state index contributed by atoms with van der Waals surface area (Å²) >= 11 is 0. The number of fused-ring (bicyclic) bond motifs is 6. The van der Waals surface area contributed by atoms with E-state index in [9.17, 15) is 19.8 Å². The highest BCUT2D eigenvalue weighted by Crippen LogP contribution is 2.31. The van der Waals surface area contributed by atoms with Crippen LogP contribution in [0.25, 0.3) is 44.7 Å². The third-order valence-electron chi connectivity index (χ3n) is 6.42. The molecule has 36 heavy (non-hydrogen) atoms. The molecule has 0 aliphatic heterocycles. The molecule has 0 radical (unpaired) electrons. The Hall–Kier alpha value is -5.38. The fourth-order valence-corrected chi connectivity index (χ4v) is 4.96. The predicted octanol–water partition coefficient (Wildman–Crippen LogP) is 4.27. The molecule has 4 heterocycles. The summed E-state index contributed by atoms with van der Waals surface area (Å²) in [5.41, 5.74) is 5.53. The van der Waals surface area contributed by atoms with Gasteiger partial charge in [0.2, 0.25) is 0 Å². The highest BCUT2D eigenvalue weighted by molar-refractivity contribution is 5.99. The third-order valence-corrected chi connectivity index (χ3v) is 6.42. The van der Waals surface area contributed by atoms with Crippen LogP contribution in [0.4, 0.5) is 0 Å². The third kappa shape index (κ3) is 2.55. The second-order valence-corrected chi connectivity index (χ2v) is 8.37. The average molecular weight is 476 g/mol. The molecule has 0 aliphatic carbocycles. The van der Waals surface area contributed by atoms with Gasteiger partial charge in [0.05, 0.1) is 34.5 Å². The molecular formula is C26H16N6O4. The van der Waals surface area contributed by atoms with Crippen molar-refractivity contribution < 1.29 is 19.8 Å². The van der Waals surface area contributed by atoms with E-state index < -0.39 is 11.9 Å². The molecule has 0 aliphatic rings. The van der Waals surface area contributed by atoms with Crippen molar-refractivity contribution in [3.63, 3.8) is 0 Å². The van der Waals surface area contributed by atoms with Gasteiger partial charge in [-0.15, -0.1) is 0 Å². The van der Waals surface area contributed by atoms with Crippen molar-refractivity contribution in [3.05, 3.63) is 96.3 Å². The smallest absolute Gasteiger partial charge is 0.341 e. The summed E-state index contributed by atoms with van der Waals surface area (Å²) in [6.45, 7) is 0. The largest absolute Gasteiger partial charge is 0.477 e. The maximum Gasteiger partial charge on any atom is 0.341 e. The summed E-state index contributed by atoms with van der Waals surface area (Å²) in [4.78, 5) is 24.0. The predicted molar refractivity (Wildman–Crippen MR) is 132 cm³/mol. The molecule has 0 saturated heterocycles. The normalized spacial score (nSPS) is 11.8. The fourth-order valence-electron chi connectivity index (χ4n) is 4.96. The zero-order valence-electron chi connectivity index (χ0n) is 18.5. The first-order valence-corrected chi connectivity index (χ1v) is 11.1. The lowest BCUT2D eigenvalue weighted by molar-refractivity contribution is 0.0687. The van der Waals surface area contributed by atoms with Gasteiger partial charge in [-0.2, -0.15) is 10.2 Å². The lowest BCUT2D eigenvalue weighted by atomic mass is 10.2. The first-order chi connectivity index (χ1) is 17.5. The summed E-state index contributed by atoms with van der Waals surface area (Å²) in [6.07, 6.45) is 2.69. The fraction of sp³-hybridized carbons (Fsp3) is 0. The molecule has 0 saturated carbocycles. The van der Waals surface area contributed by atoms with Crippen molar-refractivity contribution >= 4 is 45.3 Å². The van der Waals surface area contributed by atoms with Crippen molar-refractivity contribution in [1.29, 1.82) is 0 Å². The van der Waals surface area contributed by atoms with Gasteiger partial charge < -0.3 is 10.2 Å². The number of hydrogen-bond donors (Lipinski definition) is 2. The number of aromatic carboxylic acids is 2. The van der Waals surface area contributed by atoms with Crippen molar-refractivity contribution in [2.45, 2.75) is 0 Å². The Bertz CT molecular complexity index is 1880. The monoisotopic (exact) mass is 476 g/mol. The van der Waals surface area contributed by atoms with Crippen LogP contribution in [-0.2, 0) is 0 Å². The second kappa shape index (κ2) is 7.06. The van der Waals surface area contributed by atoms with Crippen LogP contribution in [0.1, 0.15) is 20.7 Å². The van der Waals surface area contributed by atoms with E-state index in [-0.39, 0.29) is 11.1 Å². The Morgan fingerprint density at radius 1 is 0.583 bits per heavy atom. The number of carbonyl (C=O) groups is 2. The van der Waals surface area contributed by atoms with Gasteiger partial charge >= 0.3 is 11.9 Å². The molecule has 0 unspecified atom stereocenters. The number of imidazole rings is 2. The molecular weight excluding hydrogens is 460 g/mol. The van der Waals surface area contributed by atoms with Gasteiger partial charge in [-0.25, -0.2) is 18.6 Å². The standard InChI is InChI=1S/C26H16N6O4/c33-25(34)17-13-27-31-21-10-3-1-8-19(21)29(23(17)31)15-6-5-7-16(12-15)30-20-9-2-4-11-22(20)32-24(30)18(14-28-32)26(35)36/h1-14H,(H,33,34)(H,35,36). The molecule has 0 atom stereocenters. The number of aromatic nitrogens is 6. The van der Waals surface area contributed by atoms with E-state index >= 15 is 0 Å². The van der Waals surface area contributed by atoms with E-state index in [1.165, 1.54) is 12.4 Å². The van der Waals surface area contributed by atoms with Crippen LogP contribution in [0, 0.1) is 0 Å². The molecule has 0 fully saturated rings. The van der Waals surface area contributed by atoms with Crippen LogP contribution in [0.15, 0.2) is 85.2 Å². The molecule has 10 heteroatoms. The molecule has 10 nitrogen and oxygen atoms in total. The van der Waals surface area contributed by atoms with Crippen LogP contribution >= 0.6 is 0 Å². The Labute approximate surface area is 201 Å². The summed E-state index contributed by atoms with van der Waals surface area (Å²) in [6, 6.07) is 22.6. The SMILES string of the molecule is O=C(O)c1cnn2c3ccccc3n(-c3cccc(-n4c5ccccc5n5ncc(C(=O)O)c45)c3)c12. The highest BCUT2D eigenvalue weighted by atomic mass is 16.4. The van der Waals surface area contributed by atoms with Crippen LogP contribution in [0.2, 0.25) is 0 Å². The zero-order chi connectivity index (χ0) is 24.6. The van der Waals surface area contributed by atoms with E-state index in [1.54, 1.807) is 9.03 Å². The van der Waals surface area contributed by atoms with Gasteiger partial charge in [0, 0.05) is 11.4 Å². The first-order valence-electron chi connectivity index (χ1n) is 11.1. The summed E-state index contributed by atoms with van der Waals surface area (Å²) in [5.74, 6) is -2.15. The minimum absolute atomic E-state index is 0.0781. The molecule has 7 aromatic rings. The highest BCUT2D eigenvalue weighted by Gasteiger charge is 2.23. The van der Waals surface area contributed by atoms with Gasteiger partial charge in [-0.1, -0.05) is 30.3 Å².